The summed E-state index contributed by atoms with van der Waals surface area (Å²) < 4.78 is 0. The Labute approximate surface area is 132 Å². The highest BCUT2D eigenvalue weighted by atomic mass is 79.9. The summed E-state index contributed by atoms with van der Waals surface area (Å²) in [5.74, 6) is 0.923. The molecule has 0 aliphatic heterocycles. The van der Waals surface area contributed by atoms with Crippen LogP contribution in [-0.2, 0) is 10.1 Å². The fraction of sp³-hybridized carbons (Fsp3) is 0.400. The zero-order chi connectivity index (χ0) is 15.2. The van der Waals surface area contributed by atoms with E-state index in [0.29, 0.717) is 5.95 Å². The number of hydrogen-bond donors (Lipinski definition) is 2. The Morgan fingerprint density at radius 3 is 2.81 bits per heavy atom. The maximum absolute atomic E-state index is 11.2. The minimum Gasteiger partial charge on any atom is -0.369 e. The van der Waals surface area contributed by atoms with Crippen molar-refractivity contribution in [1.82, 2.24) is 9.97 Å². The molecule has 0 atom stereocenters. The van der Waals surface area contributed by atoms with Crippen molar-refractivity contribution in [2.75, 3.05) is 17.2 Å². The molecule has 112 valence electrons. The van der Waals surface area contributed by atoms with E-state index < -0.39 is 0 Å². The topological polar surface area (TPSA) is 66.9 Å². The van der Waals surface area contributed by atoms with Crippen molar-refractivity contribution in [3.05, 3.63) is 23.8 Å². The van der Waals surface area contributed by atoms with Crippen LogP contribution in [0.2, 0.25) is 0 Å². The third-order valence-corrected chi connectivity index (χ3v) is 3.67. The van der Waals surface area contributed by atoms with Crippen LogP contribution < -0.4 is 10.6 Å². The van der Waals surface area contributed by atoms with Gasteiger partial charge in [-0.15, -0.1) is 0 Å². The molecule has 0 fully saturated rings. The molecule has 21 heavy (non-hydrogen) atoms. The highest BCUT2D eigenvalue weighted by molar-refractivity contribution is 9.08. The van der Waals surface area contributed by atoms with E-state index in [0.717, 1.165) is 47.0 Å². The van der Waals surface area contributed by atoms with Gasteiger partial charge in [-0.25, -0.2) is 4.98 Å². The molecule has 0 unspecified atom stereocenters. The lowest BCUT2D eigenvalue weighted by molar-refractivity contribution is -0.114. The van der Waals surface area contributed by atoms with Crippen molar-refractivity contribution in [1.29, 1.82) is 0 Å². The van der Waals surface area contributed by atoms with Crippen molar-refractivity contribution in [2.45, 2.75) is 32.0 Å². The van der Waals surface area contributed by atoms with Gasteiger partial charge in [0.1, 0.15) is 5.82 Å². The molecule has 1 aromatic heterocycles. The monoisotopic (exact) mass is 350 g/mol. The van der Waals surface area contributed by atoms with Crippen LogP contribution in [0.5, 0.6) is 0 Å². The number of fused-ring (bicyclic) bond motifs is 1. The first kappa shape index (κ1) is 15.7. The number of halogens is 1. The SMILES string of the molecule is CCCCNc1nc(NC(C)=O)nc2ccc(CBr)cc12. The summed E-state index contributed by atoms with van der Waals surface area (Å²) in [6, 6.07) is 6.03. The number of carbonyl (C=O) groups excluding carboxylic acids is 1. The lowest BCUT2D eigenvalue weighted by atomic mass is 10.1. The Morgan fingerprint density at radius 2 is 2.14 bits per heavy atom. The Bertz CT molecular complexity index is 645. The minimum absolute atomic E-state index is 0.175. The van der Waals surface area contributed by atoms with Gasteiger partial charge >= 0.3 is 0 Å². The third-order valence-electron chi connectivity index (χ3n) is 3.03. The van der Waals surface area contributed by atoms with Gasteiger partial charge in [-0.05, 0) is 24.1 Å². The molecule has 2 rings (SSSR count). The van der Waals surface area contributed by atoms with Crippen LogP contribution in [0.1, 0.15) is 32.3 Å². The molecule has 1 heterocycles. The van der Waals surface area contributed by atoms with Crippen molar-refractivity contribution in [3.8, 4) is 0 Å². The quantitative estimate of drug-likeness (QED) is 0.615. The van der Waals surface area contributed by atoms with Crippen LogP contribution in [0, 0.1) is 0 Å². The van der Waals surface area contributed by atoms with E-state index in [9.17, 15) is 4.79 Å². The van der Waals surface area contributed by atoms with Crippen molar-refractivity contribution >= 4 is 44.5 Å². The van der Waals surface area contributed by atoms with Gasteiger partial charge in [0, 0.05) is 24.2 Å². The van der Waals surface area contributed by atoms with Gasteiger partial charge in [-0.1, -0.05) is 35.3 Å². The summed E-state index contributed by atoms with van der Waals surface area (Å²) >= 11 is 3.46. The van der Waals surface area contributed by atoms with Gasteiger partial charge in [-0.3, -0.25) is 10.1 Å². The second-order valence-corrected chi connectivity index (χ2v) is 5.40. The molecule has 6 heteroatoms. The molecule has 1 amide bonds. The molecule has 0 aliphatic rings. The molecule has 0 saturated heterocycles. The lowest BCUT2D eigenvalue weighted by Crippen LogP contribution is -2.12. The first-order valence-corrected chi connectivity index (χ1v) is 8.14. The zero-order valence-corrected chi connectivity index (χ0v) is 13.8. The fourth-order valence-corrected chi connectivity index (χ4v) is 2.34. The van der Waals surface area contributed by atoms with E-state index >= 15 is 0 Å². The van der Waals surface area contributed by atoms with Gasteiger partial charge in [0.25, 0.3) is 0 Å². The Balaban J connectivity index is 2.44. The van der Waals surface area contributed by atoms with Crippen molar-refractivity contribution in [3.63, 3.8) is 0 Å². The van der Waals surface area contributed by atoms with Gasteiger partial charge in [0.2, 0.25) is 11.9 Å². The summed E-state index contributed by atoms with van der Waals surface area (Å²) in [5, 5.41) is 7.73. The number of benzene rings is 1. The van der Waals surface area contributed by atoms with Gasteiger partial charge in [-0.2, -0.15) is 4.98 Å². The van der Waals surface area contributed by atoms with Crippen LogP contribution in [0.3, 0.4) is 0 Å². The van der Waals surface area contributed by atoms with E-state index in [-0.39, 0.29) is 5.91 Å². The minimum atomic E-state index is -0.175. The predicted molar refractivity (Wildman–Crippen MR) is 89.9 cm³/mol. The second-order valence-electron chi connectivity index (χ2n) is 4.84. The number of nitrogens with one attached hydrogen (secondary N) is 2. The molecular formula is C15H19BrN4O. The molecule has 1 aromatic carbocycles. The largest absolute Gasteiger partial charge is 0.369 e. The smallest absolute Gasteiger partial charge is 0.231 e. The Kier molecular flexibility index (Phi) is 5.50. The molecule has 2 N–H and O–H groups in total. The summed E-state index contributed by atoms with van der Waals surface area (Å²) in [7, 11) is 0. The number of unbranched alkanes of at least 4 members (excludes halogenated alkanes) is 1. The van der Waals surface area contributed by atoms with Crippen LogP contribution in [-0.4, -0.2) is 22.4 Å². The summed E-state index contributed by atoms with van der Waals surface area (Å²) in [5.41, 5.74) is 1.98. The molecular weight excluding hydrogens is 332 g/mol. The van der Waals surface area contributed by atoms with E-state index in [4.69, 9.17) is 0 Å². The predicted octanol–water partition coefficient (Wildman–Crippen LogP) is 3.70. The van der Waals surface area contributed by atoms with Gasteiger partial charge < -0.3 is 5.32 Å². The van der Waals surface area contributed by atoms with Crippen molar-refractivity contribution in [2.24, 2.45) is 0 Å². The molecule has 0 spiro atoms. The Morgan fingerprint density at radius 1 is 1.33 bits per heavy atom. The summed E-state index contributed by atoms with van der Waals surface area (Å²) in [6.07, 6.45) is 2.18. The highest BCUT2D eigenvalue weighted by Crippen LogP contribution is 2.24. The van der Waals surface area contributed by atoms with E-state index in [1.165, 1.54) is 6.92 Å². The van der Waals surface area contributed by atoms with Crippen LogP contribution >= 0.6 is 15.9 Å². The maximum Gasteiger partial charge on any atom is 0.231 e. The lowest BCUT2D eigenvalue weighted by Gasteiger charge is -2.11. The number of carbonyl (C=O) groups is 1. The highest BCUT2D eigenvalue weighted by Gasteiger charge is 2.09. The standard InChI is InChI=1S/C15H19BrN4O/c1-3-4-7-17-14-12-8-11(9-16)5-6-13(12)19-15(20-14)18-10(2)21/h5-6,8H,3-4,7,9H2,1-2H3,(H2,17,18,19,20,21). The summed E-state index contributed by atoms with van der Waals surface area (Å²) in [6.45, 7) is 4.44. The zero-order valence-electron chi connectivity index (χ0n) is 12.2. The molecule has 0 aliphatic carbocycles. The molecule has 2 aromatic rings. The average Bonchev–Trinajstić information content (AvgIpc) is 2.46. The van der Waals surface area contributed by atoms with Gasteiger partial charge in [0.05, 0.1) is 5.52 Å². The molecule has 0 bridgehead atoms. The normalized spacial score (nSPS) is 10.6. The molecule has 5 nitrogen and oxygen atoms in total. The van der Waals surface area contributed by atoms with Crippen LogP contribution in [0.4, 0.5) is 11.8 Å². The van der Waals surface area contributed by atoms with Crippen LogP contribution in [0.15, 0.2) is 18.2 Å². The third kappa shape index (κ3) is 4.14. The van der Waals surface area contributed by atoms with E-state index in [1.807, 2.05) is 12.1 Å². The van der Waals surface area contributed by atoms with Gasteiger partial charge in [0.15, 0.2) is 0 Å². The number of amides is 1. The molecule has 0 radical (unpaired) electrons. The number of aromatic nitrogens is 2. The first-order valence-electron chi connectivity index (χ1n) is 7.02. The number of alkyl halides is 1. The first-order chi connectivity index (χ1) is 10.1. The maximum atomic E-state index is 11.2. The number of nitrogens with zero attached hydrogens (tertiary/aromatic N) is 2. The van der Waals surface area contributed by atoms with E-state index in [2.05, 4.69) is 49.5 Å². The van der Waals surface area contributed by atoms with E-state index in [1.54, 1.807) is 0 Å². The van der Waals surface area contributed by atoms with Crippen LogP contribution in [0.25, 0.3) is 10.9 Å². The average molecular weight is 351 g/mol. The fourth-order valence-electron chi connectivity index (χ4n) is 1.99. The molecule has 0 saturated carbocycles. The van der Waals surface area contributed by atoms with Crippen molar-refractivity contribution < 1.29 is 4.79 Å². The number of hydrogen-bond acceptors (Lipinski definition) is 4. The second kappa shape index (κ2) is 7.36. The number of anilines is 2. The summed E-state index contributed by atoms with van der Waals surface area (Å²) in [4.78, 5) is 20.0. The number of rotatable bonds is 6. The Hall–Kier alpha value is -1.69.